The average Bonchev–Trinajstić information content (AvgIpc) is 2.99. The van der Waals surface area contributed by atoms with Crippen molar-refractivity contribution >= 4 is 0 Å². The Bertz CT molecular complexity index is 383. The zero-order chi connectivity index (χ0) is 14.9. The lowest BCUT2D eigenvalue weighted by atomic mass is 9.80. The Kier molecular flexibility index (Phi) is 7.20. The van der Waals surface area contributed by atoms with E-state index in [0.29, 0.717) is 5.92 Å². The van der Waals surface area contributed by atoms with Crippen LogP contribution in [0.1, 0.15) is 82.9 Å². The molecule has 0 aliphatic heterocycles. The molecule has 1 aliphatic rings. The Hall–Kier alpha value is -0.900. The van der Waals surface area contributed by atoms with Gasteiger partial charge in [0.15, 0.2) is 0 Å². The quantitative estimate of drug-likeness (QED) is 0.697. The van der Waals surface area contributed by atoms with Crippen molar-refractivity contribution < 1.29 is 4.42 Å². The third-order valence-corrected chi connectivity index (χ3v) is 4.59. The molecular formula is C17H31N3O. The SMILES string of the molecule is CCCCC1CCC(c2nnc(CCNCCC)o2)CC1. The van der Waals surface area contributed by atoms with E-state index in [1.165, 1.54) is 44.9 Å². The molecule has 120 valence electrons. The van der Waals surface area contributed by atoms with Crippen LogP contribution in [0.3, 0.4) is 0 Å². The fourth-order valence-corrected chi connectivity index (χ4v) is 3.22. The van der Waals surface area contributed by atoms with Gasteiger partial charge in [-0.15, -0.1) is 10.2 Å². The van der Waals surface area contributed by atoms with Crippen molar-refractivity contribution in [1.82, 2.24) is 15.5 Å². The van der Waals surface area contributed by atoms with Gasteiger partial charge in [0.25, 0.3) is 0 Å². The summed E-state index contributed by atoms with van der Waals surface area (Å²) in [5, 5.41) is 11.9. The Labute approximate surface area is 129 Å². The van der Waals surface area contributed by atoms with Crippen LogP contribution in [0.2, 0.25) is 0 Å². The molecule has 4 nitrogen and oxygen atoms in total. The summed E-state index contributed by atoms with van der Waals surface area (Å²) in [6.45, 7) is 6.44. The maximum atomic E-state index is 5.86. The Morgan fingerprint density at radius 3 is 2.57 bits per heavy atom. The monoisotopic (exact) mass is 293 g/mol. The molecule has 4 heteroatoms. The van der Waals surface area contributed by atoms with E-state index in [2.05, 4.69) is 29.4 Å². The summed E-state index contributed by atoms with van der Waals surface area (Å²) in [5.74, 6) is 3.12. The van der Waals surface area contributed by atoms with Crippen LogP contribution in [0.4, 0.5) is 0 Å². The lowest BCUT2D eigenvalue weighted by Crippen LogP contribution is -2.17. The van der Waals surface area contributed by atoms with Crippen LogP contribution < -0.4 is 5.32 Å². The van der Waals surface area contributed by atoms with Crippen LogP contribution in [-0.4, -0.2) is 23.3 Å². The molecule has 1 aromatic heterocycles. The van der Waals surface area contributed by atoms with Crippen LogP contribution in [0.15, 0.2) is 4.42 Å². The molecule has 0 amide bonds. The van der Waals surface area contributed by atoms with E-state index < -0.39 is 0 Å². The summed E-state index contributed by atoms with van der Waals surface area (Å²) in [6, 6.07) is 0. The third kappa shape index (κ3) is 5.42. The molecule has 1 heterocycles. The highest BCUT2D eigenvalue weighted by Crippen LogP contribution is 2.37. The van der Waals surface area contributed by atoms with Gasteiger partial charge in [-0.1, -0.05) is 33.1 Å². The predicted octanol–water partition coefficient (Wildman–Crippen LogP) is 4.08. The van der Waals surface area contributed by atoms with Gasteiger partial charge in [0, 0.05) is 18.9 Å². The van der Waals surface area contributed by atoms with E-state index in [1.807, 2.05) is 0 Å². The first-order valence-corrected chi connectivity index (χ1v) is 8.86. The van der Waals surface area contributed by atoms with E-state index in [-0.39, 0.29) is 0 Å². The molecule has 0 radical (unpaired) electrons. The van der Waals surface area contributed by atoms with Gasteiger partial charge >= 0.3 is 0 Å². The van der Waals surface area contributed by atoms with Crippen LogP contribution in [0.5, 0.6) is 0 Å². The number of aromatic nitrogens is 2. The number of nitrogens with zero attached hydrogens (tertiary/aromatic N) is 2. The largest absolute Gasteiger partial charge is 0.425 e. The lowest BCUT2D eigenvalue weighted by molar-refractivity contribution is 0.274. The fraction of sp³-hybridized carbons (Fsp3) is 0.882. The zero-order valence-corrected chi connectivity index (χ0v) is 13.7. The first-order valence-electron chi connectivity index (χ1n) is 8.86. The second-order valence-corrected chi connectivity index (χ2v) is 6.39. The highest BCUT2D eigenvalue weighted by molar-refractivity contribution is 4.94. The average molecular weight is 293 g/mol. The maximum absolute atomic E-state index is 5.86. The molecule has 0 spiro atoms. The van der Waals surface area contributed by atoms with Crippen LogP contribution in [-0.2, 0) is 6.42 Å². The van der Waals surface area contributed by atoms with Crippen molar-refractivity contribution in [1.29, 1.82) is 0 Å². The fourth-order valence-electron chi connectivity index (χ4n) is 3.22. The van der Waals surface area contributed by atoms with Crippen molar-refractivity contribution in [2.45, 2.75) is 77.6 Å². The summed E-state index contributed by atoms with van der Waals surface area (Å²) in [7, 11) is 0. The minimum absolute atomic E-state index is 0.507. The van der Waals surface area contributed by atoms with Crippen LogP contribution in [0.25, 0.3) is 0 Å². The van der Waals surface area contributed by atoms with Gasteiger partial charge in [-0.25, -0.2) is 0 Å². The minimum atomic E-state index is 0.507. The topological polar surface area (TPSA) is 51.0 Å². The van der Waals surface area contributed by atoms with Crippen molar-refractivity contribution in [2.75, 3.05) is 13.1 Å². The summed E-state index contributed by atoms with van der Waals surface area (Å²) < 4.78 is 5.86. The molecule has 21 heavy (non-hydrogen) atoms. The van der Waals surface area contributed by atoms with Gasteiger partial charge in [0.05, 0.1) is 0 Å². The Morgan fingerprint density at radius 1 is 1.05 bits per heavy atom. The molecule has 1 aliphatic carbocycles. The van der Waals surface area contributed by atoms with Crippen LogP contribution in [0, 0.1) is 5.92 Å². The number of hydrogen-bond acceptors (Lipinski definition) is 4. The first kappa shape index (κ1) is 16.5. The molecule has 1 N–H and O–H groups in total. The summed E-state index contributed by atoms with van der Waals surface area (Å²) in [4.78, 5) is 0. The van der Waals surface area contributed by atoms with Gasteiger partial charge in [0.2, 0.25) is 11.8 Å². The van der Waals surface area contributed by atoms with Crippen LogP contribution >= 0.6 is 0 Å². The highest BCUT2D eigenvalue weighted by atomic mass is 16.4. The predicted molar refractivity (Wildman–Crippen MR) is 85.4 cm³/mol. The molecule has 2 rings (SSSR count). The molecule has 0 saturated heterocycles. The van der Waals surface area contributed by atoms with Crippen molar-refractivity contribution in [2.24, 2.45) is 5.92 Å². The van der Waals surface area contributed by atoms with E-state index >= 15 is 0 Å². The van der Waals surface area contributed by atoms with E-state index in [4.69, 9.17) is 4.42 Å². The molecule has 1 saturated carbocycles. The Morgan fingerprint density at radius 2 is 1.86 bits per heavy atom. The normalized spacial score (nSPS) is 22.6. The molecule has 0 unspecified atom stereocenters. The summed E-state index contributed by atoms with van der Waals surface area (Å²) in [6.07, 6.45) is 11.2. The molecule has 0 aromatic carbocycles. The van der Waals surface area contributed by atoms with Gasteiger partial charge < -0.3 is 9.73 Å². The Balaban J connectivity index is 1.72. The summed E-state index contributed by atoms with van der Waals surface area (Å²) in [5.41, 5.74) is 0. The maximum Gasteiger partial charge on any atom is 0.219 e. The number of hydrogen-bond donors (Lipinski definition) is 1. The second kappa shape index (κ2) is 9.19. The molecule has 0 bridgehead atoms. The van der Waals surface area contributed by atoms with Gasteiger partial charge in [-0.05, 0) is 44.6 Å². The second-order valence-electron chi connectivity index (χ2n) is 6.39. The molecule has 0 atom stereocenters. The minimum Gasteiger partial charge on any atom is -0.425 e. The standard InChI is InChI=1S/C17H31N3O/c1-3-5-6-14-7-9-15(10-8-14)17-20-19-16(21-17)11-13-18-12-4-2/h14-15,18H,3-13H2,1-2H3. The van der Waals surface area contributed by atoms with E-state index in [9.17, 15) is 0 Å². The van der Waals surface area contributed by atoms with E-state index in [0.717, 1.165) is 43.6 Å². The first-order chi connectivity index (χ1) is 10.3. The lowest BCUT2D eigenvalue weighted by Gasteiger charge is -2.26. The summed E-state index contributed by atoms with van der Waals surface area (Å²) >= 11 is 0. The van der Waals surface area contributed by atoms with Crippen molar-refractivity contribution in [3.05, 3.63) is 11.8 Å². The van der Waals surface area contributed by atoms with Gasteiger partial charge in [-0.3, -0.25) is 0 Å². The number of unbranched alkanes of at least 4 members (excludes halogenated alkanes) is 1. The van der Waals surface area contributed by atoms with Crippen molar-refractivity contribution in [3.8, 4) is 0 Å². The third-order valence-electron chi connectivity index (χ3n) is 4.59. The molecule has 1 fully saturated rings. The van der Waals surface area contributed by atoms with Gasteiger partial charge in [0.1, 0.15) is 0 Å². The number of rotatable bonds is 9. The highest BCUT2D eigenvalue weighted by Gasteiger charge is 2.25. The zero-order valence-electron chi connectivity index (χ0n) is 13.7. The van der Waals surface area contributed by atoms with E-state index in [1.54, 1.807) is 0 Å². The smallest absolute Gasteiger partial charge is 0.219 e. The number of nitrogens with one attached hydrogen (secondary N) is 1. The van der Waals surface area contributed by atoms with Crippen molar-refractivity contribution in [3.63, 3.8) is 0 Å². The molecule has 1 aromatic rings. The van der Waals surface area contributed by atoms with Gasteiger partial charge in [-0.2, -0.15) is 0 Å². The molecular weight excluding hydrogens is 262 g/mol.